The fourth-order valence-corrected chi connectivity index (χ4v) is 2.25. The van der Waals surface area contributed by atoms with Gasteiger partial charge in [0.2, 0.25) is 0 Å². The molecule has 2 heterocycles. The van der Waals surface area contributed by atoms with Crippen LogP contribution in [0.4, 0.5) is 10.2 Å². The summed E-state index contributed by atoms with van der Waals surface area (Å²) in [5, 5.41) is 2.69. The highest BCUT2D eigenvalue weighted by molar-refractivity contribution is 6.02. The standard InChI is InChI=1S/C18H15FN4O/c1-12-20-8-7-16(22-12)18(24)23-17-6-5-14(11-21-17)9-13-3-2-4-15(19)10-13/h2-8,10-11H,9H2,1H3,(H,21,23,24). The number of rotatable bonds is 4. The molecule has 0 unspecified atom stereocenters. The molecule has 0 radical (unpaired) electrons. The van der Waals surface area contributed by atoms with Gasteiger partial charge >= 0.3 is 0 Å². The van der Waals surface area contributed by atoms with Crippen molar-refractivity contribution in [2.75, 3.05) is 5.32 Å². The molecule has 0 spiro atoms. The van der Waals surface area contributed by atoms with Gasteiger partial charge in [0, 0.05) is 12.4 Å². The summed E-state index contributed by atoms with van der Waals surface area (Å²) in [6.45, 7) is 1.72. The predicted molar refractivity (Wildman–Crippen MR) is 88.2 cm³/mol. The van der Waals surface area contributed by atoms with Crippen molar-refractivity contribution in [3.8, 4) is 0 Å². The van der Waals surface area contributed by atoms with E-state index in [4.69, 9.17) is 0 Å². The summed E-state index contributed by atoms with van der Waals surface area (Å²) in [5.41, 5.74) is 2.08. The van der Waals surface area contributed by atoms with Crippen LogP contribution in [0.2, 0.25) is 0 Å². The zero-order valence-electron chi connectivity index (χ0n) is 13.0. The molecule has 2 aromatic heterocycles. The van der Waals surface area contributed by atoms with Gasteiger partial charge in [0.05, 0.1) is 0 Å². The number of anilines is 1. The highest BCUT2D eigenvalue weighted by Crippen LogP contribution is 2.12. The number of benzene rings is 1. The van der Waals surface area contributed by atoms with Gasteiger partial charge in [-0.1, -0.05) is 18.2 Å². The van der Waals surface area contributed by atoms with Crippen LogP contribution in [0.15, 0.2) is 54.9 Å². The first-order valence-corrected chi connectivity index (χ1v) is 7.40. The lowest BCUT2D eigenvalue weighted by atomic mass is 10.1. The van der Waals surface area contributed by atoms with Gasteiger partial charge in [0.15, 0.2) is 0 Å². The van der Waals surface area contributed by atoms with Crippen molar-refractivity contribution in [1.82, 2.24) is 15.0 Å². The molecule has 0 aliphatic heterocycles. The Morgan fingerprint density at radius 3 is 2.71 bits per heavy atom. The summed E-state index contributed by atoms with van der Waals surface area (Å²) in [7, 11) is 0. The molecule has 24 heavy (non-hydrogen) atoms. The summed E-state index contributed by atoms with van der Waals surface area (Å²) >= 11 is 0. The number of aryl methyl sites for hydroxylation is 1. The minimum absolute atomic E-state index is 0.260. The number of carbonyl (C=O) groups is 1. The van der Waals surface area contributed by atoms with Crippen LogP contribution in [0.3, 0.4) is 0 Å². The van der Waals surface area contributed by atoms with E-state index >= 15 is 0 Å². The Hall–Kier alpha value is -3.15. The molecule has 0 bridgehead atoms. The van der Waals surface area contributed by atoms with Crippen LogP contribution in [0.25, 0.3) is 0 Å². The first kappa shape index (κ1) is 15.7. The van der Waals surface area contributed by atoms with E-state index in [0.29, 0.717) is 18.1 Å². The number of nitrogens with one attached hydrogen (secondary N) is 1. The topological polar surface area (TPSA) is 67.8 Å². The van der Waals surface area contributed by atoms with Crippen LogP contribution in [-0.2, 0) is 6.42 Å². The Morgan fingerprint density at radius 1 is 1.12 bits per heavy atom. The summed E-state index contributed by atoms with van der Waals surface area (Å²) in [6.07, 6.45) is 3.77. The lowest BCUT2D eigenvalue weighted by Gasteiger charge is -2.06. The van der Waals surface area contributed by atoms with E-state index in [2.05, 4.69) is 20.3 Å². The molecule has 0 saturated carbocycles. The van der Waals surface area contributed by atoms with Crippen LogP contribution in [0.5, 0.6) is 0 Å². The first-order chi connectivity index (χ1) is 11.6. The zero-order chi connectivity index (χ0) is 16.9. The minimum atomic E-state index is -0.342. The van der Waals surface area contributed by atoms with Crippen molar-refractivity contribution in [1.29, 1.82) is 0 Å². The van der Waals surface area contributed by atoms with Gasteiger partial charge in [-0.2, -0.15) is 0 Å². The molecular formula is C18H15FN4O. The molecule has 3 aromatic rings. The number of hydrogen-bond acceptors (Lipinski definition) is 4. The van der Waals surface area contributed by atoms with Gasteiger partial charge in [0.1, 0.15) is 23.2 Å². The molecule has 1 amide bonds. The Morgan fingerprint density at radius 2 is 2.00 bits per heavy atom. The summed E-state index contributed by atoms with van der Waals surface area (Å²) in [4.78, 5) is 24.3. The van der Waals surface area contributed by atoms with Crippen LogP contribution in [0.1, 0.15) is 27.4 Å². The molecule has 1 N–H and O–H groups in total. The first-order valence-electron chi connectivity index (χ1n) is 7.40. The van der Waals surface area contributed by atoms with Crippen LogP contribution >= 0.6 is 0 Å². The molecular weight excluding hydrogens is 307 g/mol. The maximum atomic E-state index is 13.2. The van der Waals surface area contributed by atoms with Crippen molar-refractivity contribution in [2.24, 2.45) is 0 Å². The van der Waals surface area contributed by atoms with E-state index in [0.717, 1.165) is 11.1 Å². The Bertz CT molecular complexity index is 865. The number of pyridine rings is 1. The number of aromatic nitrogens is 3. The number of amides is 1. The normalized spacial score (nSPS) is 10.4. The van der Waals surface area contributed by atoms with Gasteiger partial charge in [-0.15, -0.1) is 0 Å². The summed E-state index contributed by atoms with van der Waals surface area (Å²) < 4.78 is 13.2. The van der Waals surface area contributed by atoms with Crippen molar-refractivity contribution in [3.63, 3.8) is 0 Å². The Balaban J connectivity index is 1.67. The second-order valence-electron chi connectivity index (χ2n) is 5.30. The summed E-state index contributed by atoms with van der Waals surface area (Å²) in [6, 6.07) is 11.5. The molecule has 0 fully saturated rings. The lowest BCUT2D eigenvalue weighted by molar-refractivity contribution is 0.102. The highest BCUT2D eigenvalue weighted by atomic mass is 19.1. The fraction of sp³-hybridized carbons (Fsp3) is 0.111. The molecule has 1 aromatic carbocycles. The molecule has 0 aliphatic carbocycles. The van der Waals surface area contributed by atoms with Crippen LogP contribution in [-0.4, -0.2) is 20.9 Å². The fourth-order valence-electron chi connectivity index (χ4n) is 2.25. The zero-order valence-corrected chi connectivity index (χ0v) is 13.0. The van der Waals surface area contributed by atoms with Gasteiger partial charge in [-0.3, -0.25) is 4.79 Å². The maximum Gasteiger partial charge on any atom is 0.275 e. The average molecular weight is 322 g/mol. The number of hydrogen-bond donors (Lipinski definition) is 1. The average Bonchev–Trinajstić information content (AvgIpc) is 2.57. The number of halogens is 1. The van der Waals surface area contributed by atoms with Gasteiger partial charge < -0.3 is 5.32 Å². The van der Waals surface area contributed by atoms with E-state index in [1.165, 1.54) is 18.3 Å². The number of nitrogens with zero attached hydrogens (tertiary/aromatic N) is 3. The smallest absolute Gasteiger partial charge is 0.275 e. The monoisotopic (exact) mass is 322 g/mol. The van der Waals surface area contributed by atoms with E-state index in [1.807, 2.05) is 12.1 Å². The molecule has 5 nitrogen and oxygen atoms in total. The Kier molecular flexibility index (Phi) is 4.56. The third-order valence-corrected chi connectivity index (χ3v) is 3.37. The molecule has 0 saturated heterocycles. The molecule has 3 rings (SSSR count). The highest BCUT2D eigenvalue weighted by Gasteiger charge is 2.09. The predicted octanol–water partition coefficient (Wildman–Crippen LogP) is 3.16. The van der Waals surface area contributed by atoms with Crippen molar-refractivity contribution in [2.45, 2.75) is 13.3 Å². The molecule has 0 atom stereocenters. The SMILES string of the molecule is Cc1nccc(C(=O)Nc2ccc(Cc3cccc(F)c3)cn2)n1. The van der Waals surface area contributed by atoms with E-state index in [9.17, 15) is 9.18 Å². The van der Waals surface area contributed by atoms with Crippen LogP contribution < -0.4 is 5.32 Å². The van der Waals surface area contributed by atoms with Gasteiger partial charge in [0.25, 0.3) is 5.91 Å². The van der Waals surface area contributed by atoms with Crippen LogP contribution in [0, 0.1) is 12.7 Å². The maximum absolute atomic E-state index is 13.2. The molecule has 6 heteroatoms. The Labute approximate surface area is 138 Å². The minimum Gasteiger partial charge on any atom is -0.305 e. The quantitative estimate of drug-likeness (QED) is 0.801. The van der Waals surface area contributed by atoms with Gasteiger partial charge in [-0.25, -0.2) is 19.3 Å². The second kappa shape index (κ2) is 6.95. The van der Waals surface area contributed by atoms with Crippen molar-refractivity contribution >= 4 is 11.7 Å². The van der Waals surface area contributed by atoms with Gasteiger partial charge in [-0.05, 0) is 48.7 Å². The third-order valence-electron chi connectivity index (χ3n) is 3.37. The van der Waals surface area contributed by atoms with E-state index in [-0.39, 0.29) is 17.4 Å². The summed E-state index contributed by atoms with van der Waals surface area (Å²) in [5.74, 6) is 0.357. The second-order valence-corrected chi connectivity index (χ2v) is 5.30. The number of carbonyl (C=O) groups excluding carboxylic acids is 1. The molecule has 0 aliphatic rings. The largest absolute Gasteiger partial charge is 0.305 e. The molecule has 120 valence electrons. The van der Waals surface area contributed by atoms with Crippen molar-refractivity contribution in [3.05, 3.63) is 83.3 Å². The third kappa shape index (κ3) is 3.98. The van der Waals surface area contributed by atoms with E-state index in [1.54, 1.807) is 31.3 Å². The van der Waals surface area contributed by atoms with Crippen molar-refractivity contribution < 1.29 is 9.18 Å². The lowest BCUT2D eigenvalue weighted by Crippen LogP contribution is -2.15. The van der Waals surface area contributed by atoms with E-state index < -0.39 is 0 Å².